The van der Waals surface area contributed by atoms with E-state index in [1.807, 2.05) is 18.2 Å². The fraction of sp³-hybridized carbons (Fsp3) is 0.263. The van der Waals surface area contributed by atoms with Gasteiger partial charge in [-0.2, -0.15) is 0 Å². The third-order valence-electron chi connectivity index (χ3n) is 4.20. The van der Waals surface area contributed by atoms with Crippen molar-refractivity contribution >= 4 is 22.6 Å². The van der Waals surface area contributed by atoms with Crippen LogP contribution in [0.1, 0.15) is 32.8 Å². The van der Waals surface area contributed by atoms with Crippen molar-refractivity contribution in [2.45, 2.75) is 32.7 Å². The number of hydrogen-bond acceptors (Lipinski definition) is 2. The zero-order valence-corrected chi connectivity index (χ0v) is 12.9. The van der Waals surface area contributed by atoms with Crippen molar-refractivity contribution in [3.8, 4) is 0 Å². The SMILES string of the molecule is CCC1(C)C=C(C)c2cc(Nc3ccccc3)ccc2N1. The minimum atomic E-state index is 0.0610. The van der Waals surface area contributed by atoms with E-state index in [9.17, 15) is 0 Å². The quantitative estimate of drug-likeness (QED) is 0.782. The van der Waals surface area contributed by atoms with Gasteiger partial charge in [0.15, 0.2) is 0 Å². The fourth-order valence-corrected chi connectivity index (χ4v) is 2.84. The minimum Gasteiger partial charge on any atom is -0.376 e. The molecule has 0 bridgehead atoms. The molecule has 2 N–H and O–H groups in total. The Morgan fingerprint density at radius 2 is 1.81 bits per heavy atom. The molecule has 2 aromatic carbocycles. The van der Waals surface area contributed by atoms with Gasteiger partial charge < -0.3 is 10.6 Å². The first-order valence-corrected chi connectivity index (χ1v) is 7.54. The normalized spacial score (nSPS) is 20.2. The Kier molecular flexibility index (Phi) is 3.46. The molecule has 3 rings (SSSR count). The Morgan fingerprint density at radius 1 is 1.05 bits per heavy atom. The minimum absolute atomic E-state index is 0.0610. The molecule has 1 atom stereocenters. The summed E-state index contributed by atoms with van der Waals surface area (Å²) in [6.07, 6.45) is 3.41. The highest BCUT2D eigenvalue weighted by molar-refractivity contribution is 5.83. The smallest absolute Gasteiger partial charge is 0.0531 e. The van der Waals surface area contributed by atoms with E-state index in [4.69, 9.17) is 0 Å². The van der Waals surface area contributed by atoms with Gasteiger partial charge in [-0.3, -0.25) is 0 Å². The lowest BCUT2D eigenvalue weighted by Gasteiger charge is -2.34. The van der Waals surface area contributed by atoms with Crippen molar-refractivity contribution in [3.05, 3.63) is 60.2 Å². The van der Waals surface area contributed by atoms with E-state index in [0.29, 0.717) is 0 Å². The summed E-state index contributed by atoms with van der Waals surface area (Å²) in [4.78, 5) is 0. The first-order valence-electron chi connectivity index (χ1n) is 7.54. The molecule has 1 heterocycles. The van der Waals surface area contributed by atoms with Gasteiger partial charge in [-0.1, -0.05) is 31.2 Å². The van der Waals surface area contributed by atoms with Gasteiger partial charge in [0.25, 0.3) is 0 Å². The molecule has 0 spiro atoms. The third kappa shape index (κ3) is 2.80. The third-order valence-corrected chi connectivity index (χ3v) is 4.20. The number of hydrogen-bond donors (Lipinski definition) is 2. The standard InChI is InChI=1S/C19H22N2/c1-4-19(3)13-14(2)17-12-16(10-11-18(17)21-19)20-15-8-6-5-7-9-15/h5-13,20-21H,4H2,1-3H3. The topological polar surface area (TPSA) is 24.1 Å². The van der Waals surface area contributed by atoms with Gasteiger partial charge in [0.2, 0.25) is 0 Å². The number of para-hydroxylation sites is 1. The Bertz CT molecular complexity index is 673. The largest absolute Gasteiger partial charge is 0.376 e. The number of allylic oxidation sites excluding steroid dienone is 1. The van der Waals surface area contributed by atoms with Gasteiger partial charge in [0.05, 0.1) is 5.54 Å². The van der Waals surface area contributed by atoms with Crippen LogP contribution in [0.3, 0.4) is 0 Å². The van der Waals surface area contributed by atoms with Crippen LogP contribution in [0.25, 0.3) is 5.57 Å². The average Bonchev–Trinajstić information content (AvgIpc) is 2.49. The molecule has 2 aromatic rings. The highest BCUT2D eigenvalue weighted by atomic mass is 15.0. The Labute approximate surface area is 126 Å². The maximum atomic E-state index is 3.64. The predicted octanol–water partition coefficient (Wildman–Crippen LogP) is 5.43. The molecule has 0 saturated heterocycles. The van der Waals surface area contributed by atoms with Crippen LogP contribution in [0.2, 0.25) is 0 Å². The first-order chi connectivity index (χ1) is 10.1. The van der Waals surface area contributed by atoms with Crippen molar-refractivity contribution in [2.75, 3.05) is 10.6 Å². The van der Waals surface area contributed by atoms with Crippen molar-refractivity contribution < 1.29 is 0 Å². The van der Waals surface area contributed by atoms with Crippen LogP contribution in [-0.4, -0.2) is 5.54 Å². The summed E-state index contributed by atoms with van der Waals surface area (Å²) in [6, 6.07) is 16.8. The Hall–Kier alpha value is -2.22. The van der Waals surface area contributed by atoms with E-state index in [1.54, 1.807) is 0 Å². The van der Waals surface area contributed by atoms with Crippen LogP contribution in [0.5, 0.6) is 0 Å². The number of fused-ring (bicyclic) bond motifs is 1. The highest BCUT2D eigenvalue weighted by Crippen LogP contribution is 2.36. The summed E-state index contributed by atoms with van der Waals surface area (Å²) in [5, 5.41) is 7.09. The molecule has 0 saturated carbocycles. The zero-order valence-electron chi connectivity index (χ0n) is 12.9. The van der Waals surface area contributed by atoms with Crippen LogP contribution < -0.4 is 10.6 Å². The Morgan fingerprint density at radius 3 is 2.52 bits per heavy atom. The lowest BCUT2D eigenvalue weighted by Crippen LogP contribution is -2.34. The van der Waals surface area contributed by atoms with E-state index in [2.05, 4.69) is 67.8 Å². The molecular formula is C19H22N2. The van der Waals surface area contributed by atoms with Crippen LogP contribution in [-0.2, 0) is 0 Å². The van der Waals surface area contributed by atoms with Crippen LogP contribution in [0.4, 0.5) is 17.1 Å². The lowest BCUT2D eigenvalue weighted by molar-refractivity contribution is 0.609. The summed E-state index contributed by atoms with van der Waals surface area (Å²) >= 11 is 0. The molecule has 1 unspecified atom stereocenters. The summed E-state index contributed by atoms with van der Waals surface area (Å²) in [7, 11) is 0. The first kappa shape index (κ1) is 13.7. The molecule has 0 aromatic heterocycles. The number of rotatable bonds is 3. The maximum absolute atomic E-state index is 3.64. The van der Waals surface area contributed by atoms with Gasteiger partial charge in [0.1, 0.15) is 0 Å². The molecule has 0 amide bonds. The molecular weight excluding hydrogens is 256 g/mol. The zero-order chi connectivity index (χ0) is 14.9. The number of benzene rings is 2. The maximum Gasteiger partial charge on any atom is 0.0531 e. The molecule has 1 aliphatic heterocycles. The van der Waals surface area contributed by atoms with Gasteiger partial charge in [-0.05, 0) is 56.2 Å². The molecule has 0 fully saturated rings. The molecule has 0 radical (unpaired) electrons. The second kappa shape index (κ2) is 5.28. The van der Waals surface area contributed by atoms with E-state index in [-0.39, 0.29) is 5.54 Å². The van der Waals surface area contributed by atoms with E-state index in [0.717, 1.165) is 17.8 Å². The van der Waals surface area contributed by atoms with Crippen LogP contribution in [0.15, 0.2) is 54.6 Å². The number of anilines is 3. The second-order valence-electron chi connectivity index (χ2n) is 5.97. The average molecular weight is 278 g/mol. The fourth-order valence-electron chi connectivity index (χ4n) is 2.84. The summed E-state index contributed by atoms with van der Waals surface area (Å²) in [6.45, 7) is 6.66. The van der Waals surface area contributed by atoms with Crippen LogP contribution >= 0.6 is 0 Å². The summed E-state index contributed by atoms with van der Waals surface area (Å²) < 4.78 is 0. The predicted molar refractivity (Wildman–Crippen MR) is 92.1 cm³/mol. The molecule has 21 heavy (non-hydrogen) atoms. The van der Waals surface area contributed by atoms with Crippen molar-refractivity contribution in [3.63, 3.8) is 0 Å². The van der Waals surface area contributed by atoms with Gasteiger partial charge in [-0.15, -0.1) is 0 Å². The van der Waals surface area contributed by atoms with E-state index >= 15 is 0 Å². The lowest BCUT2D eigenvalue weighted by atomic mass is 9.88. The molecule has 1 aliphatic rings. The van der Waals surface area contributed by atoms with Crippen molar-refractivity contribution in [2.24, 2.45) is 0 Å². The highest BCUT2D eigenvalue weighted by Gasteiger charge is 2.25. The summed E-state index contributed by atoms with van der Waals surface area (Å²) in [5.41, 5.74) is 6.13. The van der Waals surface area contributed by atoms with Gasteiger partial charge in [-0.25, -0.2) is 0 Å². The molecule has 108 valence electrons. The summed E-state index contributed by atoms with van der Waals surface area (Å²) in [5.74, 6) is 0. The molecule has 0 aliphatic carbocycles. The van der Waals surface area contributed by atoms with Gasteiger partial charge in [0, 0.05) is 22.6 Å². The van der Waals surface area contributed by atoms with Crippen molar-refractivity contribution in [1.82, 2.24) is 0 Å². The molecule has 2 nitrogen and oxygen atoms in total. The van der Waals surface area contributed by atoms with Crippen molar-refractivity contribution in [1.29, 1.82) is 0 Å². The number of nitrogens with one attached hydrogen (secondary N) is 2. The van der Waals surface area contributed by atoms with Gasteiger partial charge >= 0.3 is 0 Å². The van der Waals surface area contributed by atoms with Crippen LogP contribution in [0, 0.1) is 0 Å². The Balaban J connectivity index is 1.91. The van der Waals surface area contributed by atoms with E-state index in [1.165, 1.54) is 16.8 Å². The molecule has 2 heteroatoms. The monoisotopic (exact) mass is 278 g/mol. The second-order valence-corrected chi connectivity index (χ2v) is 5.97. The van der Waals surface area contributed by atoms with E-state index < -0.39 is 0 Å².